The number of unbranched alkanes of at least 4 members (excludes halogenated alkanes) is 4. The van der Waals surface area contributed by atoms with Crippen molar-refractivity contribution in [3.8, 4) is 0 Å². The number of thioether (sulfide) groups is 1. The standard InChI is InChI=1S/C21H44N2S/c1-6-8-10-11-13-21(4,14-19-24-5)23-17-15-22(16-18-23)20(3)12-9-7-2/h20H,6-19H2,1-5H3. The van der Waals surface area contributed by atoms with Gasteiger partial charge in [-0.15, -0.1) is 0 Å². The van der Waals surface area contributed by atoms with Gasteiger partial charge in [-0.1, -0.05) is 52.4 Å². The Morgan fingerprint density at radius 2 is 1.58 bits per heavy atom. The van der Waals surface area contributed by atoms with Crippen molar-refractivity contribution in [3.05, 3.63) is 0 Å². The fraction of sp³-hybridized carbons (Fsp3) is 1.00. The van der Waals surface area contributed by atoms with Crippen molar-refractivity contribution in [1.29, 1.82) is 0 Å². The Hall–Kier alpha value is 0.270. The van der Waals surface area contributed by atoms with E-state index in [4.69, 9.17) is 0 Å². The maximum Gasteiger partial charge on any atom is 0.0190 e. The fourth-order valence-electron chi connectivity index (χ4n) is 4.08. The Labute approximate surface area is 157 Å². The van der Waals surface area contributed by atoms with E-state index in [1.165, 1.54) is 89.7 Å². The molecule has 0 bridgehead atoms. The Kier molecular flexibility index (Phi) is 11.7. The smallest absolute Gasteiger partial charge is 0.0190 e. The van der Waals surface area contributed by atoms with Gasteiger partial charge in [-0.25, -0.2) is 0 Å². The fourth-order valence-corrected chi connectivity index (χ4v) is 4.72. The van der Waals surface area contributed by atoms with Gasteiger partial charge in [-0.2, -0.15) is 11.8 Å². The zero-order chi connectivity index (χ0) is 17.8. The topological polar surface area (TPSA) is 6.48 Å². The van der Waals surface area contributed by atoms with Crippen molar-refractivity contribution in [3.63, 3.8) is 0 Å². The van der Waals surface area contributed by atoms with Crippen LogP contribution in [0.5, 0.6) is 0 Å². The van der Waals surface area contributed by atoms with Crippen LogP contribution in [0.2, 0.25) is 0 Å². The summed E-state index contributed by atoms with van der Waals surface area (Å²) in [5.41, 5.74) is 0.426. The first-order valence-corrected chi connectivity index (χ1v) is 11.9. The highest BCUT2D eigenvalue weighted by atomic mass is 32.2. The molecule has 0 N–H and O–H groups in total. The van der Waals surface area contributed by atoms with E-state index in [0.717, 1.165) is 6.04 Å². The zero-order valence-corrected chi connectivity index (χ0v) is 18.1. The second kappa shape index (κ2) is 12.6. The summed E-state index contributed by atoms with van der Waals surface area (Å²) in [4.78, 5) is 5.57. The normalized spacial score (nSPS) is 20.9. The van der Waals surface area contributed by atoms with Crippen molar-refractivity contribution in [1.82, 2.24) is 9.80 Å². The average molecular weight is 357 g/mol. The van der Waals surface area contributed by atoms with Crippen LogP contribution in [0.3, 0.4) is 0 Å². The molecule has 0 aromatic carbocycles. The van der Waals surface area contributed by atoms with Crippen molar-refractivity contribution in [2.24, 2.45) is 0 Å². The van der Waals surface area contributed by atoms with E-state index in [-0.39, 0.29) is 0 Å². The maximum atomic E-state index is 2.83. The van der Waals surface area contributed by atoms with Crippen molar-refractivity contribution < 1.29 is 0 Å². The Morgan fingerprint density at radius 3 is 2.17 bits per heavy atom. The summed E-state index contributed by atoms with van der Waals surface area (Å²) in [7, 11) is 0. The van der Waals surface area contributed by atoms with Crippen LogP contribution in [-0.4, -0.2) is 59.6 Å². The third kappa shape index (κ3) is 7.66. The highest BCUT2D eigenvalue weighted by Crippen LogP contribution is 2.29. The Bertz CT molecular complexity index is 302. The molecule has 1 aliphatic rings. The summed E-state index contributed by atoms with van der Waals surface area (Å²) in [5.74, 6) is 1.30. The van der Waals surface area contributed by atoms with E-state index >= 15 is 0 Å². The third-order valence-corrected chi connectivity index (χ3v) is 6.70. The van der Waals surface area contributed by atoms with E-state index in [1.54, 1.807) is 0 Å². The van der Waals surface area contributed by atoms with Crippen LogP contribution in [0.15, 0.2) is 0 Å². The molecule has 0 aromatic rings. The lowest BCUT2D eigenvalue weighted by atomic mass is 9.88. The molecular formula is C21H44N2S. The number of piperazine rings is 1. The number of nitrogens with zero attached hydrogens (tertiary/aromatic N) is 2. The molecule has 2 nitrogen and oxygen atoms in total. The minimum Gasteiger partial charge on any atom is -0.298 e. The summed E-state index contributed by atoms with van der Waals surface area (Å²) < 4.78 is 0. The highest BCUT2D eigenvalue weighted by molar-refractivity contribution is 7.98. The molecule has 0 aliphatic carbocycles. The lowest BCUT2D eigenvalue weighted by molar-refractivity contribution is 0.0193. The van der Waals surface area contributed by atoms with Crippen LogP contribution in [0.25, 0.3) is 0 Å². The summed E-state index contributed by atoms with van der Waals surface area (Å²) in [6, 6.07) is 0.772. The summed E-state index contributed by atoms with van der Waals surface area (Å²) in [6.07, 6.45) is 14.6. The third-order valence-electron chi connectivity index (χ3n) is 6.09. The Morgan fingerprint density at radius 1 is 0.917 bits per heavy atom. The lowest BCUT2D eigenvalue weighted by Crippen LogP contribution is -2.57. The van der Waals surface area contributed by atoms with E-state index in [9.17, 15) is 0 Å². The first-order valence-electron chi connectivity index (χ1n) is 10.6. The zero-order valence-electron chi connectivity index (χ0n) is 17.3. The monoisotopic (exact) mass is 356 g/mol. The molecule has 0 amide bonds. The average Bonchev–Trinajstić information content (AvgIpc) is 2.61. The van der Waals surface area contributed by atoms with Gasteiger partial charge >= 0.3 is 0 Å². The van der Waals surface area contributed by atoms with Gasteiger partial charge in [-0.3, -0.25) is 9.80 Å². The van der Waals surface area contributed by atoms with Crippen molar-refractivity contribution >= 4 is 11.8 Å². The quantitative estimate of drug-likeness (QED) is 0.393. The summed E-state index contributed by atoms with van der Waals surface area (Å²) >= 11 is 2.01. The van der Waals surface area contributed by atoms with E-state index in [0.29, 0.717) is 5.54 Å². The highest BCUT2D eigenvalue weighted by Gasteiger charge is 2.33. The minimum atomic E-state index is 0.426. The van der Waals surface area contributed by atoms with Crippen LogP contribution in [0.4, 0.5) is 0 Å². The molecular weight excluding hydrogens is 312 g/mol. The minimum absolute atomic E-state index is 0.426. The molecule has 2 unspecified atom stereocenters. The van der Waals surface area contributed by atoms with Crippen LogP contribution in [-0.2, 0) is 0 Å². The molecule has 2 atom stereocenters. The predicted octanol–water partition coefficient (Wildman–Crippen LogP) is 5.66. The van der Waals surface area contributed by atoms with E-state index in [2.05, 4.69) is 43.8 Å². The molecule has 1 fully saturated rings. The van der Waals surface area contributed by atoms with Crippen molar-refractivity contribution in [2.45, 2.75) is 97.1 Å². The molecule has 1 heterocycles. The molecule has 0 spiro atoms. The van der Waals surface area contributed by atoms with Gasteiger partial charge in [0.15, 0.2) is 0 Å². The first-order chi connectivity index (χ1) is 11.6. The molecule has 3 heteroatoms. The van der Waals surface area contributed by atoms with Crippen LogP contribution < -0.4 is 0 Å². The van der Waals surface area contributed by atoms with Gasteiger partial charge in [0.05, 0.1) is 0 Å². The number of hydrogen-bond donors (Lipinski definition) is 0. The van der Waals surface area contributed by atoms with Crippen LogP contribution >= 0.6 is 11.8 Å². The second-order valence-corrected chi connectivity index (χ2v) is 9.05. The molecule has 1 saturated heterocycles. The van der Waals surface area contributed by atoms with Gasteiger partial charge in [-0.05, 0) is 45.1 Å². The van der Waals surface area contributed by atoms with Gasteiger partial charge < -0.3 is 0 Å². The van der Waals surface area contributed by atoms with Gasteiger partial charge in [0.1, 0.15) is 0 Å². The number of rotatable bonds is 13. The largest absolute Gasteiger partial charge is 0.298 e. The lowest BCUT2D eigenvalue weighted by Gasteiger charge is -2.47. The molecule has 1 aliphatic heterocycles. The molecule has 0 radical (unpaired) electrons. The summed E-state index contributed by atoms with van der Waals surface area (Å²) in [5, 5.41) is 0. The second-order valence-electron chi connectivity index (χ2n) is 8.06. The summed E-state index contributed by atoms with van der Waals surface area (Å²) in [6.45, 7) is 14.7. The molecule has 1 rings (SSSR count). The van der Waals surface area contributed by atoms with Gasteiger partial charge in [0.2, 0.25) is 0 Å². The number of hydrogen-bond acceptors (Lipinski definition) is 3. The molecule has 0 aromatic heterocycles. The SMILES string of the molecule is CCCCCCC(C)(CCSC)N1CCN(C(C)CCCC)CC1. The van der Waals surface area contributed by atoms with Crippen LogP contribution in [0.1, 0.15) is 85.5 Å². The van der Waals surface area contributed by atoms with Gasteiger partial charge in [0.25, 0.3) is 0 Å². The van der Waals surface area contributed by atoms with E-state index in [1.807, 2.05) is 11.8 Å². The van der Waals surface area contributed by atoms with Crippen molar-refractivity contribution in [2.75, 3.05) is 38.2 Å². The predicted molar refractivity (Wildman–Crippen MR) is 112 cm³/mol. The molecule has 0 saturated carbocycles. The Balaban J connectivity index is 2.49. The van der Waals surface area contributed by atoms with Gasteiger partial charge in [0, 0.05) is 37.8 Å². The molecule has 24 heavy (non-hydrogen) atoms. The first kappa shape index (κ1) is 22.3. The van der Waals surface area contributed by atoms with Crippen LogP contribution in [0, 0.1) is 0 Å². The molecule has 144 valence electrons. The van der Waals surface area contributed by atoms with E-state index < -0.39 is 0 Å². The maximum absolute atomic E-state index is 2.83.